The predicted molar refractivity (Wildman–Crippen MR) is 91.4 cm³/mol. The number of pyridine rings is 1. The molecule has 0 aliphatic carbocycles. The summed E-state index contributed by atoms with van der Waals surface area (Å²) in [5, 5.41) is 3.16. The third-order valence-electron chi connectivity index (χ3n) is 3.63. The van der Waals surface area contributed by atoms with Gasteiger partial charge in [-0.1, -0.05) is 23.7 Å². The Hall–Kier alpha value is -2.60. The highest BCUT2D eigenvalue weighted by atomic mass is 35.5. The number of amides is 2. The molecule has 1 aliphatic heterocycles. The van der Waals surface area contributed by atoms with Crippen molar-refractivity contribution < 1.29 is 14.3 Å². The topological polar surface area (TPSA) is 71.5 Å². The van der Waals surface area contributed by atoms with E-state index in [9.17, 15) is 9.59 Å². The van der Waals surface area contributed by atoms with Gasteiger partial charge in [-0.3, -0.25) is 9.59 Å². The summed E-state index contributed by atoms with van der Waals surface area (Å²) in [6.07, 6.45) is 1.08. The second kappa shape index (κ2) is 6.88. The molecular weight excluding hydrogens is 330 g/mol. The molecule has 1 aliphatic rings. The molecule has 2 amide bonds. The second-order valence-corrected chi connectivity index (χ2v) is 5.81. The monoisotopic (exact) mass is 345 g/mol. The maximum absolute atomic E-state index is 12.3. The lowest BCUT2D eigenvalue weighted by Gasteiger charge is -2.32. The number of nitrogens with zero attached hydrogens (tertiary/aromatic N) is 2. The minimum Gasteiger partial charge on any atom is -0.479 e. The van der Waals surface area contributed by atoms with Gasteiger partial charge in [-0.15, -0.1) is 0 Å². The number of carbonyl (C=O) groups excluding carboxylic acids is 2. The molecule has 1 unspecified atom stereocenters. The summed E-state index contributed by atoms with van der Waals surface area (Å²) >= 11 is 5.86. The molecule has 0 fully saturated rings. The average Bonchev–Trinajstić information content (AvgIpc) is 2.55. The van der Waals surface area contributed by atoms with Gasteiger partial charge in [0.05, 0.1) is 5.69 Å². The third kappa shape index (κ3) is 3.49. The van der Waals surface area contributed by atoms with Crippen LogP contribution in [0.4, 0.5) is 11.5 Å². The molecule has 1 aromatic carbocycles. The van der Waals surface area contributed by atoms with Crippen LogP contribution in [-0.2, 0) is 9.59 Å². The van der Waals surface area contributed by atoms with Crippen LogP contribution in [-0.4, -0.2) is 29.4 Å². The number of rotatable bonds is 4. The van der Waals surface area contributed by atoms with Crippen LogP contribution in [0.1, 0.15) is 13.3 Å². The van der Waals surface area contributed by atoms with Gasteiger partial charge in [-0.05, 0) is 31.2 Å². The summed E-state index contributed by atoms with van der Waals surface area (Å²) in [7, 11) is 0. The van der Waals surface area contributed by atoms with Gasteiger partial charge in [0.2, 0.25) is 5.91 Å². The fourth-order valence-corrected chi connectivity index (χ4v) is 2.64. The zero-order chi connectivity index (χ0) is 17.1. The smallest absolute Gasteiger partial charge is 0.267 e. The fraction of sp³-hybridized carbons (Fsp3) is 0.235. The van der Waals surface area contributed by atoms with E-state index in [0.29, 0.717) is 22.3 Å². The number of aromatic nitrogens is 1. The first-order valence-electron chi connectivity index (χ1n) is 7.53. The van der Waals surface area contributed by atoms with Gasteiger partial charge in [-0.25, -0.2) is 4.98 Å². The van der Waals surface area contributed by atoms with E-state index in [1.165, 1.54) is 6.20 Å². The Labute approximate surface area is 144 Å². The van der Waals surface area contributed by atoms with Gasteiger partial charge < -0.3 is 15.0 Å². The summed E-state index contributed by atoms with van der Waals surface area (Å²) in [5.41, 5.74) is 0.675. The SMILES string of the molecule is CC1Oc2ccccc2N(CCC(=O)Nc2cc(Cl)ccn2)C1=O. The number of para-hydroxylation sites is 2. The highest BCUT2D eigenvalue weighted by molar-refractivity contribution is 6.30. The van der Waals surface area contributed by atoms with Crippen LogP contribution in [0.15, 0.2) is 42.6 Å². The Morgan fingerprint density at radius 3 is 2.96 bits per heavy atom. The first-order valence-corrected chi connectivity index (χ1v) is 7.91. The van der Waals surface area contributed by atoms with E-state index in [1.54, 1.807) is 36.1 Å². The van der Waals surface area contributed by atoms with Gasteiger partial charge in [-0.2, -0.15) is 0 Å². The van der Waals surface area contributed by atoms with Gasteiger partial charge >= 0.3 is 0 Å². The Morgan fingerprint density at radius 2 is 2.17 bits per heavy atom. The lowest BCUT2D eigenvalue weighted by molar-refractivity contribution is -0.125. The molecule has 0 saturated heterocycles. The van der Waals surface area contributed by atoms with Gasteiger partial charge in [0.25, 0.3) is 5.91 Å². The molecule has 24 heavy (non-hydrogen) atoms. The van der Waals surface area contributed by atoms with E-state index < -0.39 is 6.10 Å². The maximum Gasteiger partial charge on any atom is 0.267 e. The van der Waals surface area contributed by atoms with Crippen molar-refractivity contribution in [3.63, 3.8) is 0 Å². The predicted octanol–water partition coefficient (Wildman–Crippen LogP) is 2.88. The standard InChI is InChI=1S/C17H16ClN3O3/c1-11-17(23)21(13-4-2-3-5-14(13)24-11)9-7-16(22)20-15-10-12(18)6-8-19-15/h2-6,8,10-11H,7,9H2,1H3,(H,19,20,22). The van der Waals surface area contributed by atoms with Gasteiger partial charge in [0.15, 0.2) is 6.10 Å². The molecule has 1 N–H and O–H groups in total. The highest BCUT2D eigenvalue weighted by Crippen LogP contribution is 2.33. The molecule has 2 aromatic rings. The number of hydrogen-bond acceptors (Lipinski definition) is 4. The lowest BCUT2D eigenvalue weighted by atomic mass is 10.1. The summed E-state index contributed by atoms with van der Waals surface area (Å²) in [6.45, 7) is 1.96. The van der Waals surface area contributed by atoms with Crippen molar-refractivity contribution >= 4 is 34.9 Å². The van der Waals surface area contributed by atoms with E-state index in [-0.39, 0.29) is 24.8 Å². The first kappa shape index (κ1) is 16.3. The third-order valence-corrected chi connectivity index (χ3v) is 3.86. The van der Waals surface area contributed by atoms with E-state index in [4.69, 9.17) is 16.3 Å². The van der Waals surface area contributed by atoms with Crippen LogP contribution in [0.3, 0.4) is 0 Å². The van der Waals surface area contributed by atoms with Gasteiger partial charge in [0, 0.05) is 24.2 Å². The van der Waals surface area contributed by atoms with Crippen molar-refractivity contribution in [2.24, 2.45) is 0 Å². The zero-order valence-electron chi connectivity index (χ0n) is 13.0. The highest BCUT2D eigenvalue weighted by Gasteiger charge is 2.31. The normalized spacial score (nSPS) is 16.3. The van der Waals surface area contributed by atoms with Crippen molar-refractivity contribution in [3.05, 3.63) is 47.6 Å². The van der Waals surface area contributed by atoms with Gasteiger partial charge in [0.1, 0.15) is 11.6 Å². The Bertz CT molecular complexity index is 781. The van der Waals surface area contributed by atoms with E-state index >= 15 is 0 Å². The number of halogens is 1. The van der Waals surface area contributed by atoms with Crippen LogP contribution >= 0.6 is 11.6 Å². The molecule has 3 rings (SSSR count). The molecule has 1 aromatic heterocycles. The molecule has 0 saturated carbocycles. The molecule has 0 spiro atoms. The maximum atomic E-state index is 12.3. The second-order valence-electron chi connectivity index (χ2n) is 5.38. The first-order chi connectivity index (χ1) is 11.5. The molecule has 0 bridgehead atoms. The van der Waals surface area contributed by atoms with Crippen LogP contribution in [0, 0.1) is 0 Å². The summed E-state index contributed by atoms with van der Waals surface area (Å²) in [5.74, 6) is 0.618. The Balaban J connectivity index is 1.67. The quantitative estimate of drug-likeness (QED) is 0.924. The number of anilines is 2. The zero-order valence-corrected chi connectivity index (χ0v) is 13.8. The molecule has 2 heterocycles. The largest absolute Gasteiger partial charge is 0.479 e. The Morgan fingerprint density at radius 1 is 1.38 bits per heavy atom. The fourth-order valence-electron chi connectivity index (χ4n) is 2.48. The lowest BCUT2D eigenvalue weighted by Crippen LogP contribution is -2.45. The van der Waals surface area contributed by atoms with Crippen molar-refractivity contribution in [2.75, 3.05) is 16.8 Å². The molecule has 1 atom stereocenters. The number of hydrogen-bond donors (Lipinski definition) is 1. The van der Waals surface area contributed by atoms with E-state index in [0.717, 1.165) is 0 Å². The molecule has 124 valence electrons. The number of nitrogens with one attached hydrogen (secondary N) is 1. The number of benzene rings is 1. The number of fused-ring (bicyclic) bond motifs is 1. The molecule has 0 radical (unpaired) electrons. The number of carbonyl (C=O) groups is 2. The minimum atomic E-state index is -0.572. The van der Waals surface area contributed by atoms with Crippen molar-refractivity contribution in [2.45, 2.75) is 19.4 Å². The van der Waals surface area contributed by atoms with Crippen molar-refractivity contribution in [3.8, 4) is 5.75 Å². The van der Waals surface area contributed by atoms with E-state index in [1.807, 2.05) is 12.1 Å². The molecule has 7 heteroatoms. The Kier molecular flexibility index (Phi) is 4.66. The number of ether oxygens (including phenoxy) is 1. The summed E-state index contributed by atoms with van der Waals surface area (Å²) in [4.78, 5) is 30.0. The van der Waals surface area contributed by atoms with Crippen LogP contribution in [0.25, 0.3) is 0 Å². The average molecular weight is 346 g/mol. The molecular formula is C17H16ClN3O3. The van der Waals surface area contributed by atoms with Crippen LogP contribution in [0.2, 0.25) is 5.02 Å². The van der Waals surface area contributed by atoms with Crippen LogP contribution < -0.4 is 15.0 Å². The van der Waals surface area contributed by atoms with Crippen LogP contribution in [0.5, 0.6) is 5.75 Å². The van der Waals surface area contributed by atoms with E-state index in [2.05, 4.69) is 10.3 Å². The van der Waals surface area contributed by atoms with Crippen molar-refractivity contribution in [1.29, 1.82) is 0 Å². The summed E-state index contributed by atoms with van der Waals surface area (Å²) < 4.78 is 5.57. The summed E-state index contributed by atoms with van der Waals surface area (Å²) in [6, 6.07) is 10.5. The molecule has 6 nitrogen and oxygen atoms in total. The minimum absolute atomic E-state index is 0.140. The van der Waals surface area contributed by atoms with Crippen molar-refractivity contribution in [1.82, 2.24) is 4.98 Å².